The lowest BCUT2D eigenvalue weighted by Crippen LogP contribution is -2.37. The standard InChI is InChI=1S/C15H23FN2O2/c1-4-5-9-18-15(19)11(2)20-14-12(10-17-3)7-6-8-13(14)16/h6-8,11,17H,4-5,9-10H2,1-3H3,(H,18,19). The van der Waals surface area contributed by atoms with Crippen LogP contribution in [0.4, 0.5) is 4.39 Å². The molecular formula is C15H23FN2O2. The number of benzene rings is 1. The Kier molecular flexibility index (Phi) is 7.01. The van der Waals surface area contributed by atoms with E-state index < -0.39 is 11.9 Å². The zero-order valence-corrected chi connectivity index (χ0v) is 12.3. The lowest BCUT2D eigenvalue weighted by molar-refractivity contribution is -0.127. The van der Waals surface area contributed by atoms with E-state index in [2.05, 4.69) is 17.6 Å². The van der Waals surface area contributed by atoms with Crippen molar-refractivity contribution < 1.29 is 13.9 Å². The van der Waals surface area contributed by atoms with E-state index in [9.17, 15) is 9.18 Å². The number of carbonyl (C=O) groups excluding carboxylic acids is 1. The Balaban J connectivity index is 2.69. The monoisotopic (exact) mass is 282 g/mol. The Morgan fingerprint density at radius 3 is 2.85 bits per heavy atom. The molecule has 1 aromatic carbocycles. The Labute approximate surface area is 119 Å². The van der Waals surface area contributed by atoms with Crippen LogP contribution in [0, 0.1) is 5.82 Å². The summed E-state index contributed by atoms with van der Waals surface area (Å²) in [4.78, 5) is 11.8. The average molecular weight is 282 g/mol. The van der Waals surface area contributed by atoms with Gasteiger partial charge in [0.25, 0.3) is 5.91 Å². The minimum absolute atomic E-state index is 0.139. The molecule has 0 aliphatic rings. The third-order valence-electron chi connectivity index (χ3n) is 2.91. The molecule has 2 N–H and O–H groups in total. The quantitative estimate of drug-likeness (QED) is 0.719. The number of nitrogens with one attached hydrogen (secondary N) is 2. The van der Waals surface area contributed by atoms with Crippen LogP contribution >= 0.6 is 0 Å². The number of unbranched alkanes of at least 4 members (excludes halogenated alkanes) is 1. The summed E-state index contributed by atoms with van der Waals surface area (Å²) >= 11 is 0. The number of rotatable bonds is 8. The highest BCUT2D eigenvalue weighted by molar-refractivity contribution is 5.80. The van der Waals surface area contributed by atoms with Gasteiger partial charge in [-0.2, -0.15) is 0 Å². The topological polar surface area (TPSA) is 50.4 Å². The van der Waals surface area contributed by atoms with Gasteiger partial charge in [0, 0.05) is 18.7 Å². The van der Waals surface area contributed by atoms with Gasteiger partial charge in [-0.3, -0.25) is 4.79 Å². The van der Waals surface area contributed by atoms with Crippen LogP contribution in [0.5, 0.6) is 5.75 Å². The maximum Gasteiger partial charge on any atom is 0.260 e. The molecule has 1 aromatic rings. The number of halogens is 1. The predicted octanol–water partition coefficient (Wildman–Crippen LogP) is 2.23. The van der Waals surface area contributed by atoms with Crippen LogP contribution in [-0.2, 0) is 11.3 Å². The van der Waals surface area contributed by atoms with Crippen molar-refractivity contribution in [1.29, 1.82) is 0 Å². The van der Waals surface area contributed by atoms with E-state index in [1.807, 2.05) is 0 Å². The summed E-state index contributed by atoms with van der Waals surface area (Å²) in [5, 5.41) is 5.72. The molecule has 0 saturated carbocycles. The van der Waals surface area contributed by atoms with Gasteiger partial charge in [-0.05, 0) is 26.5 Å². The second kappa shape index (κ2) is 8.53. The highest BCUT2D eigenvalue weighted by Gasteiger charge is 2.18. The van der Waals surface area contributed by atoms with Crippen LogP contribution in [-0.4, -0.2) is 25.6 Å². The molecule has 1 amide bonds. The van der Waals surface area contributed by atoms with Crippen LogP contribution in [0.2, 0.25) is 0 Å². The van der Waals surface area contributed by atoms with Crippen LogP contribution in [0.25, 0.3) is 0 Å². The molecular weight excluding hydrogens is 259 g/mol. The van der Waals surface area contributed by atoms with E-state index in [-0.39, 0.29) is 11.7 Å². The minimum Gasteiger partial charge on any atom is -0.477 e. The fourth-order valence-corrected chi connectivity index (χ4v) is 1.78. The van der Waals surface area contributed by atoms with Crippen molar-refractivity contribution in [3.63, 3.8) is 0 Å². The number of carbonyl (C=O) groups is 1. The zero-order valence-electron chi connectivity index (χ0n) is 12.3. The Morgan fingerprint density at radius 2 is 2.20 bits per heavy atom. The van der Waals surface area contributed by atoms with Gasteiger partial charge >= 0.3 is 0 Å². The van der Waals surface area contributed by atoms with Crippen molar-refractivity contribution >= 4 is 5.91 Å². The normalized spacial score (nSPS) is 12.0. The molecule has 0 aliphatic heterocycles. The molecule has 20 heavy (non-hydrogen) atoms. The van der Waals surface area contributed by atoms with Gasteiger partial charge in [0.1, 0.15) is 0 Å². The Hall–Kier alpha value is -1.62. The summed E-state index contributed by atoms with van der Waals surface area (Å²) in [5.74, 6) is -0.539. The van der Waals surface area contributed by atoms with Crippen molar-refractivity contribution in [2.24, 2.45) is 0 Å². The first-order valence-electron chi connectivity index (χ1n) is 6.96. The van der Waals surface area contributed by atoms with E-state index >= 15 is 0 Å². The molecule has 0 aromatic heterocycles. The summed E-state index contributed by atoms with van der Waals surface area (Å²) in [7, 11) is 1.77. The minimum atomic E-state index is -0.723. The van der Waals surface area contributed by atoms with E-state index in [4.69, 9.17) is 4.74 Å². The SMILES string of the molecule is CCCCNC(=O)C(C)Oc1c(F)cccc1CNC. The highest BCUT2D eigenvalue weighted by atomic mass is 19.1. The molecule has 0 bridgehead atoms. The lowest BCUT2D eigenvalue weighted by Gasteiger charge is -2.17. The summed E-state index contributed by atoms with van der Waals surface area (Å²) < 4.78 is 19.3. The molecule has 1 rings (SSSR count). The number of amides is 1. The molecule has 4 nitrogen and oxygen atoms in total. The number of hydrogen-bond donors (Lipinski definition) is 2. The molecule has 0 fully saturated rings. The molecule has 112 valence electrons. The molecule has 0 saturated heterocycles. The second-order valence-corrected chi connectivity index (χ2v) is 4.66. The van der Waals surface area contributed by atoms with Crippen molar-refractivity contribution in [2.45, 2.75) is 39.3 Å². The van der Waals surface area contributed by atoms with Gasteiger partial charge < -0.3 is 15.4 Å². The summed E-state index contributed by atoms with van der Waals surface area (Å²) in [6, 6.07) is 4.73. The largest absolute Gasteiger partial charge is 0.477 e. The molecule has 1 unspecified atom stereocenters. The molecule has 0 spiro atoms. The fourth-order valence-electron chi connectivity index (χ4n) is 1.78. The fraction of sp³-hybridized carbons (Fsp3) is 0.533. The first kappa shape index (κ1) is 16.4. The lowest BCUT2D eigenvalue weighted by atomic mass is 10.2. The van der Waals surface area contributed by atoms with Crippen molar-refractivity contribution in [2.75, 3.05) is 13.6 Å². The van der Waals surface area contributed by atoms with Gasteiger partial charge in [0.05, 0.1) is 0 Å². The van der Waals surface area contributed by atoms with E-state index in [1.54, 1.807) is 26.1 Å². The van der Waals surface area contributed by atoms with E-state index in [0.717, 1.165) is 12.8 Å². The third-order valence-corrected chi connectivity index (χ3v) is 2.91. The smallest absolute Gasteiger partial charge is 0.260 e. The molecule has 0 aliphatic carbocycles. The summed E-state index contributed by atoms with van der Waals surface area (Å²) in [6.45, 7) is 4.77. The predicted molar refractivity (Wildman–Crippen MR) is 77.2 cm³/mol. The van der Waals surface area contributed by atoms with Gasteiger partial charge in [-0.15, -0.1) is 0 Å². The van der Waals surface area contributed by atoms with Crippen LogP contribution in [0.15, 0.2) is 18.2 Å². The zero-order chi connectivity index (χ0) is 15.0. The maximum absolute atomic E-state index is 13.8. The van der Waals surface area contributed by atoms with Crippen LogP contribution in [0.1, 0.15) is 32.3 Å². The molecule has 0 radical (unpaired) electrons. The van der Waals surface area contributed by atoms with Crippen LogP contribution in [0.3, 0.4) is 0 Å². The highest BCUT2D eigenvalue weighted by Crippen LogP contribution is 2.23. The van der Waals surface area contributed by atoms with Gasteiger partial charge in [-0.1, -0.05) is 25.5 Å². The Morgan fingerprint density at radius 1 is 1.45 bits per heavy atom. The first-order valence-corrected chi connectivity index (χ1v) is 6.96. The maximum atomic E-state index is 13.8. The van der Waals surface area contributed by atoms with E-state index in [0.29, 0.717) is 18.7 Å². The van der Waals surface area contributed by atoms with Crippen molar-refractivity contribution in [3.8, 4) is 5.75 Å². The van der Waals surface area contributed by atoms with Crippen molar-refractivity contribution in [1.82, 2.24) is 10.6 Å². The second-order valence-electron chi connectivity index (χ2n) is 4.66. The number of para-hydroxylation sites is 1. The first-order chi connectivity index (χ1) is 9.60. The van der Waals surface area contributed by atoms with Gasteiger partial charge in [-0.25, -0.2) is 4.39 Å². The summed E-state index contributed by atoms with van der Waals surface area (Å²) in [5.41, 5.74) is 0.695. The Bertz CT molecular complexity index is 438. The van der Waals surface area contributed by atoms with Gasteiger partial charge in [0.15, 0.2) is 17.7 Å². The molecule has 0 heterocycles. The van der Waals surface area contributed by atoms with Gasteiger partial charge in [0.2, 0.25) is 0 Å². The number of hydrogen-bond acceptors (Lipinski definition) is 3. The van der Waals surface area contributed by atoms with E-state index in [1.165, 1.54) is 6.07 Å². The van der Waals surface area contributed by atoms with Crippen LogP contribution < -0.4 is 15.4 Å². The molecule has 5 heteroatoms. The number of ether oxygens (including phenoxy) is 1. The molecule has 1 atom stereocenters. The average Bonchev–Trinajstić information content (AvgIpc) is 2.43. The van der Waals surface area contributed by atoms with Crippen molar-refractivity contribution in [3.05, 3.63) is 29.6 Å². The third kappa shape index (κ3) is 4.81. The summed E-state index contributed by atoms with van der Waals surface area (Å²) in [6.07, 6.45) is 1.21.